The van der Waals surface area contributed by atoms with Gasteiger partial charge in [-0.2, -0.15) is 5.10 Å². The SMILES string of the molecule is COc1ccc(C=NNC(=O)c2cccc(Cl)c2)cc1. The van der Waals surface area contributed by atoms with Gasteiger partial charge in [0, 0.05) is 10.6 Å². The molecule has 0 radical (unpaired) electrons. The van der Waals surface area contributed by atoms with E-state index in [1.165, 1.54) is 0 Å². The van der Waals surface area contributed by atoms with Crippen molar-refractivity contribution in [2.45, 2.75) is 0 Å². The minimum absolute atomic E-state index is 0.308. The van der Waals surface area contributed by atoms with Crippen LogP contribution in [0.4, 0.5) is 0 Å². The van der Waals surface area contributed by atoms with Gasteiger partial charge >= 0.3 is 0 Å². The van der Waals surface area contributed by atoms with Crippen molar-refractivity contribution in [3.8, 4) is 5.75 Å². The van der Waals surface area contributed by atoms with Crippen LogP contribution < -0.4 is 10.2 Å². The van der Waals surface area contributed by atoms with Gasteiger partial charge in [-0.15, -0.1) is 0 Å². The fraction of sp³-hybridized carbons (Fsp3) is 0.0667. The molecule has 0 aliphatic carbocycles. The molecular formula is C15H13ClN2O2. The van der Waals surface area contributed by atoms with Crippen LogP contribution in [-0.4, -0.2) is 19.2 Å². The number of methoxy groups -OCH3 is 1. The van der Waals surface area contributed by atoms with Crippen LogP contribution >= 0.6 is 11.6 Å². The van der Waals surface area contributed by atoms with Gasteiger partial charge in [-0.1, -0.05) is 17.7 Å². The van der Waals surface area contributed by atoms with Crippen LogP contribution in [0.1, 0.15) is 15.9 Å². The Labute approximate surface area is 122 Å². The van der Waals surface area contributed by atoms with E-state index in [9.17, 15) is 4.79 Å². The number of carbonyl (C=O) groups is 1. The maximum atomic E-state index is 11.8. The second-order valence-electron chi connectivity index (χ2n) is 3.98. The predicted molar refractivity (Wildman–Crippen MR) is 79.5 cm³/mol. The zero-order chi connectivity index (χ0) is 14.4. The zero-order valence-electron chi connectivity index (χ0n) is 10.8. The number of ether oxygens (including phenoxy) is 1. The summed E-state index contributed by atoms with van der Waals surface area (Å²) < 4.78 is 5.05. The zero-order valence-corrected chi connectivity index (χ0v) is 11.6. The molecule has 0 unspecified atom stereocenters. The van der Waals surface area contributed by atoms with E-state index in [0.717, 1.165) is 11.3 Å². The third kappa shape index (κ3) is 3.83. The number of nitrogens with one attached hydrogen (secondary N) is 1. The van der Waals surface area contributed by atoms with Crippen LogP contribution in [-0.2, 0) is 0 Å². The van der Waals surface area contributed by atoms with Crippen LogP contribution in [0.15, 0.2) is 53.6 Å². The fourth-order valence-electron chi connectivity index (χ4n) is 1.55. The van der Waals surface area contributed by atoms with Crippen molar-refractivity contribution in [2.75, 3.05) is 7.11 Å². The quantitative estimate of drug-likeness (QED) is 0.694. The lowest BCUT2D eigenvalue weighted by Crippen LogP contribution is -2.17. The van der Waals surface area contributed by atoms with Crippen LogP contribution in [0, 0.1) is 0 Å². The summed E-state index contributed by atoms with van der Waals surface area (Å²) in [6.45, 7) is 0. The summed E-state index contributed by atoms with van der Waals surface area (Å²) in [5.41, 5.74) is 3.76. The lowest BCUT2D eigenvalue weighted by atomic mass is 10.2. The average molecular weight is 289 g/mol. The van der Waals surface area contributed by atoms with E-state index in [2.05, 4.69) is 10.5 Å². The normalized spacial score (nSPS) is 10.5. The number of hydrogen-bond donors (Lipinski definition) is 1. The molecule has 0 saturated carbocycles. The highest BCUT2D eigenvalue weighted by molar-refractivity contribution is 6.30. The molecule has 2 rings (SSSR count). The Morgan fingerprint density at radius 3 is 2.65 bits per heavy atom. The lowest BCUT2D eigenvalue weighted by molar-refractivity contribution is 0.0955. The molecule has 0 saturated heterocycles. The van der Waals surface area contributed by atoms with Crippen molar-refractivity contribution in [1.82, 2.24) is 5.43 Å². The molecule has 2 aromatic rings. The van der Waals surface area contributed by atoms with Crippen LogP contribution in [0.25, 0.3) is 0 Å². The van der Waals surface area contributed by atoms with Crippen LogP contribution in [0.3, 0.4) is 0 Å². The number of halogens is 1. The monoisotopic (exact) mass is 288 g/mol. The van der Waals surface area contributed by atoms with Gasteiger partial charge in [0.05, 0.1) is 13.3 Å². The molecule has 0 heterocycles. The minimum Gasteiger partial charge on any atom is -0.497 e. The topological polar surface area (TPSA) is 50.7 Å². The molecule has 0 atom stereocenters. The highest BCUT2D eigenvalue weighted by Gasteiger charge is 2.03. The lowest BCUT2D eigenvalue weighted by Gasteiger charge is -2.01. The van der Waals surface area contributed by atoms with Gasteiger partial charge in [-0.3, -0.25) is 4.79 Å². The highest BCUT2D eigenvalue weighted by Crippen LogP contribution is 2.11. The standard InChI is InChI=1S/C15H13ClN2O2/c1-20-14-7-5-11(6-8-14)10-17-18-15(19)12-3-2-4-13(16)9-12/h2-10H,1H3,(H,18,19). The van der Waals surface area contributed by atoms with E-state index in [0.29, 0.717) is 10.6 Å². The summed E-state index contributed by atoms with van der Waals surface area (Å²) in [5.74, 6) is 0.461. The smallest absolute Gasteiger partial charge is 0.271 e. The summed E-state index contributed by atoms with van der Waals surface area (Å²) in [6, 6.07) is 14.0. The third-order valence-corrected chi connectivity index (χ3v) is 2.82. The first-order chi connectivity index (χ1) is 9.69. The second kappa shape index (κ2) is 6.73. The minimum atomic E-state index is -0.308. The number of benzene rings is 2. The highest BCUT2D eigenvalue weighted by atomic mass is 35.5. The van der Waals surface area contributed by atoms with Crippen molar-refractivity contribution >= 4 is 23.7 Å². The van der Waals surface area contributed by atoms with Gasteiger partial charge in [-0.05, 0) is 48.0 Å². The number of rotatable bonds is 4. The van der Waals surface area contributed by atoms with Gasteiger partial charge in [0.25, 0.3) is 5.91 Å². The summed E-state index contributed by atoms with van der Waals surface area (Å²) in [5, 5.41) is 4.41. The Balaban J connectivity index is 1.97. The molecule has 1 N–H and O–H groups in total. The average Bonchev–Trinajstić information content (AvgIpc) is 2.48. The van der Waals surface area contributed by atoms with Gasteiger partial charge in [0.1, 0.15) is 5.75 Å². The van der Waals surface area contributed by atoms with Gasteiger partial charge in [-0.25, -0.2) is 5.43 Å². The summed E-state index contributed by atoms with van der Waals surface area (Å²) in [4.78, 5) is 11.8. The molecule has 0 aromatic heterocycles. The van der Waals surface area contributed by atoms with Crippen molar-refractivity contribution in [3.05, 3.63) is 64.7 Å². The van der Waals surface area contributed by atoms with E-state index in [4.69, 9.17) is 16.3 Å². The fourth-order valence-corrected chi connectivity index (χ4v) is 1.74. The maximum Gasteiger partial charge on any atom is 0.271 e. The van der Waals surface area contributed by atoms with Crippen LogP contribution in [0.5, 0.6) is 5.75 Å². The number of carbonyl (C=O) groups excluding carboxylic acids is 1. The first kappa shape index (κ1) is 14.1. The molecular weight excluding hydrogens is 276 g/mol. The van der Waals surface area contributed by atoms with Crippen molar-refractivity contribution in [2.24, 2.45) is 5.10 Å². The Kier molecular flexibility index (Phi) is 4.74. The first-order valence-corrected chi connectivity index (χ1v) is 6.30. The molecule has 4 nitrogen and oxygen atoms in total. The molecule has 102 valence electrons. The van der Waals surface area contributed by atoms with Gasteiger partial charge in [0.15, 0.2) is 0 Å². The first-order valence-electron chi connectivity index (χ1n) is 5.92. The second-order valence-corrected chi connectivity index (χ2v) is 4.42. The predicted octanol–water partition coefficient (Wildman–Crippen LogP) is 3.11. The molecule has 0 bridgehead atoms. The van der Waals surface area contributed by atoms with E-state index >= 15 is 0 Å². The molecule has 2 aromatic carbocycles. The van der Waals surface area contributed by atoms with E-state index in [1.54, 1.807) is 37.6 Å². The largest absolute Gasteiger partial charge is 0.497 e. The van der Waals surface area contributed by atoms with Gasteiger partial charge < -0.3 is 4.74 Å². The number of amides is 1. The van der Waals surface area contributed by atoms with Crippen molar-refractivity contribution < 1.29 is 9.53 Å². The van der Waals surface area contributed by atoms with E-state index in [1.807, 2.05) is 24.3 Å². The molecule has 1 amide bonds. The Morgan fingerprint density at radius 2 is 2.00 bits per heavy atom. The Morgan fingerprint density at radius 1 is 1.25 bits per heavy atom. The molecule has 0 fully saturated rings. The maximum absolute atomic E-state index is 11.8. The molecule has 0 aliphatic heterocycles. The van der Waals surface area contributed by atoms with E-state index < -0.39 is 0 Å². The van der Waals surface area contributed by atoms with Gasteiger partial charge in [0.2, 0.25) is 0 Å². The summed E-state index contributed by atoms with van der Waals surface area (Å²) >= 11 is 5.82. The van der Waals surface area contributed by atoms with Crippen LogP contribution in [0.2, 0.25) is 5.02 Å². The van der Waals surface area contributed by atoms with Crippen molar-refractivity contribution in [1.29, 1.82) is 0 Å². The Bertz CT molecular complexity index is 624. The molecule has 0 aliphatic rings. The van der Waals surface area contributed by atoms with Crippen molar-refractivity contribution in [3.63, 3.8) is 0 Å². The van der Waals surface area contributed by atoms with E-state index in [-0.39, 0.29) is 5.91 Å². The third-order valence-electron chi connectivity index (χ3n) is 2.58. The molecule has 0 spiro atoms. The summed E-state index contributed by atoms with van der Waals surface area (Å²) in [7, 11) is 1.61. The molecule has 5 heteroatoms. The number of nitrogens with zero attached hydrogens (tertiary/aromatic N) is 1. The molecule has 20 heavy (non-hydrogen) atoms. The number of hydrazone groups is 1. The summed E-state index contributed by atoms with van der Waals surface area (Å²) in [6.07, 6.45) is 1.56. The Hall–Kier alpha value is -2.33. The number of hydrogen-bond acceptors (Lipinski definition) is 3.